The number of benzene rings is 1. The summed E-state index contributed by atoms with van der Waals surface area (Å²) in [6, 6.07) is 7.51. The number of carbonyl (C=O) groups excluding carboxylic acids is 2. The van der Waals surface area contributed by atoms with Crippen LogP contribution in [0.15, 0.2) is 35.1 Å². The molecule has 1 atom stereocenters. The third-order valence-corrected chi connectivity index (χ3v) is 8.09. The predicted molar refractivity (Wildman–Crippen MR) is 174 cm³/mol. The maximum Gasteiger partial charge on any atom is 0.410 e. The lowest BCUT2D eigenvalue weighted by Gasteiger charge is -2.35. The van der Waals surface area contributed by atoms with Gasteiger partial charge in [0.2, 0.25) is 10.3 Å². The van der Waals surface area contributed by atoms with Crippen molar-refractivity contribution in [3.05, 3.63) is 53.4 Å². The minimum atomic E-state index is -0.524. The number of rotatable bonds is 7. The van der Waals surface area contributed by atoms with Crippen molar-refractivity contribution >= 4 is 39.4 Å². The Kier molecular flexibility index (Phi) is 9.24. The smallest absolute Gasteiger partial charge is 0.410 e. The molecule has 2 N–H and O–H groups in total. The quantitative estimate of drug-likeness (QED) is 0.267. The van der Waals surface area contributed by atoms with Crippen LogP contribution in [0.1, 0.15) is 82.1 Å². The average molecular weight is 649 g/mol. The lowest BCUT2D eigenvalue weighted by Crippen LogP contribution is -2.50. The van der Waals surface area contributed by atoms with Crippen LogP contribution in [0.4, 0.5) is 20.9 Å². The number of ether oxygens (including phenoxy) is 1. The molecule has 0 spiro atoms. The minimum absolute atomic E-state index is 0.0598. The first-order valence-corrected chi connectivity index (χ1v) is 15.9. The first-order valence-electron chi connectivity index (χ1n) is 15.1. The Morgan fingerprint density at radius 2 is 1.76 bits per heavy atom. The largest absolute Gasteiger partial charge is 0.444 e. The molecule has 0 radical (unpaired) electrons. The topological polar surface area (TPSA) is 164 Å². The van der Waals surface area contributed by atoms with E-state index in [-0.39, 0.29) is 23.4 Å². The van der Waals surface area contributed by atoms with Crippen LogP contribution in [-0.4, -0.2) is 79.0 Å². The number of aryl methyl sites for hydroxylation is 1. The van der Waals surface area contributed by atoms with Gasteiger partial charge >= 0.3 is 17.9 Å². The number of anilines is 3. The third-order valence-electron chi connectivity index (χ3n) is 7.19. The van der Waals surface area contributed by atoms with Crippen molar-refractivity contribution in [2.75, 3.05) is 36.4 Å². The molecule has 3 aromatic heterocycles. The maximum atomic E-state index is 12.8. The molecular formula is C31H40N10O4S. The highest BCUT2D eigenvalue weighted by Gasteiger charge is 2.28. The molecule has 15 heteroatoms. The summed E-state index contributed by atoms with van der Waals surface area (Å²) in [5.41, 5.74) is 2.72. The Hall–Kier alpha value is -4.66. The zero-order valence-electron chi connectivity index (χ0n) is 27.4. The van der Waals surface area contributed by atoms with Gasteiger partial charge in [0.1, 0.15) is 17.7 Å². The van der Waals surface area contributed by atoms with Gasteiger partial charge in [-0.2, -0.15) is 4.98 Å². The van der Waals surface area contributed by atoms with Gasteiger partial charge in [-0.25, -0.2) is 14.8 Å². The number of carbonyl (C=O) groups is 2. The summed E-state index contributed by atoms with van der Waals surface area (Å²) >= 11 is 1.42. The molecule has 0 aliphatic carbocycles. The highest BCUT2D eigenvalue weighted by Crippen LogP contribution is 2.29. The number of amides is 2. The van der Waals surface area contributed by atoms with Gasteiger partial charge in [0.15, 0.2) is 5.82 Å². The molecule has 4 aromatic rings. The number of hydrogen-bond donors (Lipinski definition) is 2. The van der Waals surface area contributed by atoms with E-state index >= 15 is 0 Å². The molecule has 4 heterocycles. The normalized spacial score (nSPS) is 14.6. The van der Waals surface area contributed by atoms with Crippen molar-refractivity contribution in [2.45, 2.75) is 72.4 Å². The standard InChI is InChI=1S/C31H40N10O4S/c1-18-15-20(9-10-21(18)19(2)34-24(42)25-36-26(39-45-25)30(3,4)5)22-16-23(33-17-32-22)35-27-37-38-28(46-27)40-11-13-41(14-12-40)29(43)44-31(6,7)8/h9-10,15-17,19H,11-14H2,1-8H3,(H,34,42)(H,32,33,35,37)/t19-/m1/s1. The van der Waals surface area contributed by atoms with Gasteiger partial charge in [-0.15, -0.1) is 10.2 Å². The summed E-state index contributed by atoms with van der Waals surface area (Å²) in [5.74, 6) is 0.578. The molecule has 1 aliphatic heterocycles. The van der Waals surface area contributed by atoms with E-state index in [0.717, 1.165) is 27.5 Å². The SMILES string of the molecule is Cc1cc(-c2cc(Nc3nnc(N4CCN(C(=O)OC(C)(C)C)CC4)s3)ncn2)ccc1[C@@H](C)NC(=O)c1nc(C(C)(C)C)no1. The van der Waals surface area contributed by atoms with E-state index in [9.17, 15) is 9.59 Å². The monoisotopic (exact) mass is 648 g/mol. The lowest BCUT2D eigenvalue weighted by molar-refractivity contribution is 0.0240. The van der Waals surface area contributed by atoms with E-state index in [2.05, 4.69) is 45.8 Å². The van der Waals surface area contributed by atoms with E-state index < -0.39 is 11.5 Å². The molecule has 244 valence electrons. The molecule has 1 aliphatic rings. The Bertz CT molecular complexity index is 1700. The Morgan fingerprint density at radius 3 is 2.41 bits per heavy atom. The second kappa shape index (κ2) is 13.0. The van der Waals surface area contributed by atoms with Crippen molar-refractivity contribution in [1.29, 1.82) is 0 Å². The van der Waals surface area contributed by atoms with Gasteiger partial charge < -0.3 is 29.7 Å². The van der Waals surface area contributed by atoms with Gasteiger partial charge in [-0.05, 0) is 51.8 Å². The van der Waals surface area contributed by atoms with E-state index in [4.69, 9.17) is 9.26 Å². The molecule has 1 fully saturated rings. The summed E-state index contributed by atoms with van der Waals surface area (Å²) in [6.07, 6.45) is 1.20. The number of aromatic nitrogens is 6. The number of hydrogen-bond acceptors (Lipinski definition) is 13. The lowest BCUT2D eigenvalue weighted by atomic mass is 9.96. The molecule has 2 amide bonds. The Morgan fingerprint density at radius 1 is 1.02 bits per heavy atom. The summed E-state index contributed by atoms with van der Waals surface area (Å²) in [6.45, 7) is 17.7. The maximum absolute atomic E-state index is 12.8. The summed E-state index contributed by atoms with van der Waals surface area (Å²) in [5, 5.41) is 20.1. The highest BCUT2D eigenvalue weighted by atomic mass is 32.1. The van der Waals surface area contributed by atoms with Crippen molar-refractivity contribution in [3.8, 4) is 11.3 Å². The van der Waals surface area contributed by atoms with Crippen LogP contribution < -0.4 is 15.5 Å². The van der Waals surface area contributed by atoms with Gasteiger partial charge in [0.25, 0.3) is 0 Å². The molecule has 0 bridgehead atoms. The van der Waals surface area contributed by atoms with Crippen molar-refractivity contribution in [2.24, 2.45) is 0 Å². The Balaban J connectivity index is 1.19. The van der Waals surface area contributed by atoms with Gasteiger partial charge in [-0.1, -0.05) is 49.4 Å². The fraction of sp³-hybridized carbons (Fsp3) is 0.484. The Labute approximate surface area is 272 Å². The number of piperazine rings is 1. The molecule has 46 heavy (non-hydrogen) atoms. The molecule has 0 unspecified atom stereocenters. The second-order valence-electron chi connectivity index (χ2n) is 13.2. The van der Waals surface area contributed by atoms with Crippen LogP contribution >= 0.6 is 11.3 Å². The number of nitrogens with one attached hydrogen (secondary N) is 2. The van der Waals surface area contributed by atoms with Crippen LogP contribution in [0, 0.1) is 6.92 Å². The highest BCUT2D eigenvalue weighted by molar-refractivity contribution is 7.19. The summed E-state index contributed by atoms with van der Waals surface area (Å²) < 4.78 is 10.7. The van der Waals surface area contributed by atoms with Crippen LogP contribution in [0.3, 0.4) is 0 Å². The van der Waals surface area contributed by atoms with Crippen LogP contribution in [-0.2, 0) is 10.2 Å². The molecule has 5 rings (SSSR count). The van der Waals surface area contributed by atoms with E-state index in [1.54, 1.807) is 4.90 Å². The molecule has 14 nitrogen and oxygen atoms in total. The molecule has 0 saturated carbocycles. The zero-order chi connectivity index (χ0) is 33.2. The van der Waals surface area contributed by atoms with Gasteiger partial charge in [0.05, 0.1) is 11.7 Å². The minimum Gasteiger partial charge on any atom is -0.444 e. The third kappa shape index (κ3) is 7.94. The summed E-state index contributed by atoms with van der Waals surface area (Å²) in [4.78, 5) is 42.1. The van der Waals surface area contributed by atoms with Crippen LogP contribution in [0.25, 0.3) is 11.3 Å². The first kappa shape index (κ1) is 32.7. The van der Waals surface area contributed by atoms with Gasteiger partial charge in [0, 0.05) is 43.2 Å². The molecule has 1 aromatic carbocycles. The van der Waals surface area contributed by atoms with Crippen molar-refractivity contribution < 1.29 is 18.8 Å². The molecule has 1 saturated heterocycles. The number of nitrogens with zero attached hydrogens (tertiary/aromatic N) is 8. The second-order valence-corrected chi connectivity index (χ2v) is 14.2. The zero-order valence-corrected chi connectivity index (χ0v) is 28.2. The van der Waals surface area contributed by atoms with Crippen LogP contribution in [0.5, 0.6) is 0 Å². The predicted octanol–water partition coefficient (Wildman–Crippen LogP) is 5.28. The van der Waals surface area contributed by atoms with Crippen molar-refractivity contribution in [3.63, 3.8) is 0 Å². The fourth-order valence-corrected chi connectivity index (χ4v) is 5.57. The van der Waals surface area contributed by atoms with Crippen LogP contribution in [0.2, 0.25) is 0 Å². The van der Waals surface area contributed by atoms with E-state index in [1.807, 2.05) is 79.7 Å². The van der Waals surface area contributed by atoms with E-state index in [1.165, 1.54) is 17.7 Å². The first-order chi connectivity index (χ1) is 21.7. The molecular weight excluding hydrogens is 608 g/mol. The van der Waals surface area contributed by atoms with Gasteiger partial charge in [-0.3, -0.25) is 4.79 Å². The fourth-order valence-electron chi connectivity index (χ4n) is 4.77. The summed E-state index contributed by atoms with van der Waals surface area (Å²) in [7, 11) is 0. The van der Waals surface area contributed by atoms with Crippen molar-refractivity contribution in [1.82, 2.24) is 40.5 Å². The average Bonchev–Trinajstić information content (AvgIpc) is 3.67. The van der Waals surface area contributed by atoms with E-state index in [0.29, 0.717) is 43.0 Å².